The smallest absolute Gasteiger partial charge is 0.236 e. The lowest BCUT2D eigenvalue weighted by molar-refractivity contribution is 0.0849. The van der Waals surface area contributed by atoms with Crippen LogP contribution in [-0.2, 0) is 25.9 Å². The Kier molecular flexibility index (Phi) is 9.10. The highest BCUT2D eigenvalue weighted by atomic mass is 32.2. The van der Waals surface area contributed by atoms with Crippen LogP contribution in [0.4, 0.5) is 17.3 Å². The molecule has 1 fully saturated rings. The van der Waals surface area contributed by atoms with Gasteiger partial charge in [0.05, 0.1) is 24.5 Å². The zero-order chi connectivity index (χ0) is 27.1. The number of nitrogens with one attached hydrogen (secondary N) is 3. The van der Waals surface area contributed by atoms with E-state index in [9.17, 15) is 13.2 Å². The molecule has 0 aliphatic carbocycles. The van der Waals surface area contributed by atoms with Gasteiger partial charge in [-0.2, -0.15) is 0 Å². The van der Waals surface area contributed by atoms with Crippen LogP contribution in [0.25, 0.3) is 11.0 Å². The number of methoxy groups -OCH3 is 3. The van der Waals surface area contributed by atoms with Gasteiger partial charge < -0.3 is 24.8 Å². The molecule has 0 unspecified atom stereocenters. The fourth-order valence-electron chi connectivity index (χ4n) is 4.35. The average molecular weight is 544 g/mol. The van der Waals surface area contributed by atoms with Crippen LogP contribution in [0.5, 0.6) is 5.75 Å². The van der Waals surface area contributed by atoms with Crippen molar-refractivity contribution in [2.45, 2.75) is 24.5 Å². The van der Waals surface area contributed by atoms with Gasteiger partial charge in [-0.1, -0.05) is 12.1 Å². The number of ketones is 1. The maximum absolute atomic E-state index is 13.3. The molecule has 1 aliphatic rings. The van der Waals surface area contributed by atoms with Crippen molar-refractivity contribution in [1.29, 1.82) is 0 Å². The monoisotopic (exact) mass is 543 g/mol. The van der Waals surface area contributed by atoms with Crippen LogP contribution in [0.2, 0.25) is 0 Å². The molecular weight excluding hydrogens is 510 g/mol. The lowest BCUT2D eigenvalue weighted by Gasteiger charge is -2.24. The summed E-state index contributed by atoms with van der Waals surface area (Å²) in [6, 6.07) is 10.6. The van der Waals surface area contributed by atoms with Gasteiger partial charge in [0.1, 0.15) is 17.9 Å². The van der Waals surface area contributed by atoms with E-state index in [1.54, 1.807) is 38.5 Å². The molecule has 0 saturated carbocycles. The Bertz CT molecular complexity index is 1390. The van der Waals surface area contributed by atoms with E-state index >= 15 is 0 Å². The van der Waals surface area contributed by atoms with Crippen molar-refractivity contribution in [1.82, 2.24) is 15.3 Å². The van der Waals surface area contributed by atoms with Crippen LogP contribution in [0.1, 0.15) is 28.8 Å². The van der Waals surface area contributed by atoms with Gasteiger partial charge in [0, 0.05) is 31.5 Å². The lowest BCUT2D eigenvalue weighted by atomic mass is 10.1. The molecular formula is C26H33N5O6S. The largest absolute Gasteiger partial charge is 0.497 e. The second-order valence-electron chi connectivity index (χ2n) is 8.94. The average Bonchev–Trinajstić information content (AvgIpc) is 2.92. The van der Waals surface area contributed by atoms with Crippen LogP contribution in [-0.4, -0.2) is 77.1 Å². The molecule has 4 rings (SSSR count). The third-order valence-electron chi connectivity index (χ3n) is 6.38. The number of nitrogens with zero attached hydrogens (tertiary/aromatic N) is 2. The first kappa shape index (κ1) is 27.7. The van der Waals surface area contributed by atoms with Crippen molar-refractivity contribution in [3.8, 4) is 5.75 Å². The van der Waals surface area contributed by atoms with Gasteiger partial charge in [-0.05, 0) is 56.1 Å². The standard InChI is InChI=1S/C26H33N5O6S/c1-35-14-11-17-7-8-18(37-3)15-22(17)29-25-26(31-38(33,34)19-9-12-27-13-10-19)28-21-6-4-5-20(24(21)30-25)23(32)16-36-2/h4-8,15,19,27H,9-14,16H2,1-3H3,(H,28,31)(H,29,30). The van der Waals surface area contributed by atoms with Crippen LogP contribution in [0.3, 0.4) is 0 Å². The summed E-state index contributed by atoms with van der Waals surface area (Å²) in [5, 5.41) is 5.87. The van der Waals surface area contributed by atoms with Crippen molar-refractivity contribution in [3.05, 3.63) is 47.5 Å². The predicted molar refractivity (Wildman–Crippen MR) is 146 cm³/mol. The summed E-state index contributed by atoms with van der Waals surface area (Å²) in [5.41, 5.74) is 2.61. The summed E-state index contributed by atoms with van der Waals surface area (Å²) in [5.74, 6) is 0.561. The number of fused-ring (bicyclic) bond motifs is 1. The number of aromatic nitrogens is 2. The third kappa shape index (κ3) is 6.38. The molecule has 2 aromatic carbocycles. The number of para-hydroxylation sites is 1. The van der Waals surface area contributed by atoms with Crippen molar-refractivity contribution < 1.29 is 27.4 Å². The lowest BCUT2D eigenvalue weighted by Crippen LogP contribution is -2.38. The van der Waals surface area contributed by atoms with Gasteiger partial charge in [-0.15, -0.1) is 0 Å². The molecule has 0 bridgehead atoms. The van der Waals surface area contributed by atoms with E-state index in [1.807, 2.05) is 12.1 Å². The molecule has 0 atom stereocenters. The molecule has 0 radical (unpaired) electrons. The van der Waals surface area contributed by atoms with E-state index in [1.165, 1.54) is 7.11 Å². The Morgan fingerprint density at radius 1 is 1.05 bits per heavy atom. The summed E-state index contributed by atoms with van der Waals surface area (Å²) in [4.78, 5) is 22.1. The Balaban J connectivity index is 1.83. The molecule has 204 valence electrons. The summed E-state index contributed by atoms with van der Waals surface area (Å²) < 4.78 is 45.0. The number of ether oxygens (including phenoxy) is 3. The number of benzene rings is 2. The highest BCUT2D eigenvalue weighted by Gasteiger charge is 2.29. The number of carbonyl (C=O) groups is 1. The van der Waals surface area contributed by atoms with Gasteiger partial charge in [0.15, 0.2) is 17.4 Å². The second kappa shape index (κ2) is 12.5. The van der Waals surface area contributed by atoms with Gasteiger partial charge in [0.25, 0.3) is 0 Å². The minimum absolute atomic E-state index is 0.0490. The summed E-state index contributed by atoms with van der Waals surface area (Å²) >= 11 is 0. The van der Waals surface area contributed by atoms with Gasteiger partial charge in [0.2, 0.25) is 10.0 Å². The maximum atomic E-state index is 13.3. The van der Waals surface area contributed by atoms with Gasteiger partial charge in [-0.3, -0.25) is 9.52 Å². The molecule has 3 aromatic rings. The van der Waals surface area contributed by atoms with Gasteiger partial charge >= 0.3 is 0 Å². The van der Waals surface area contributed by atoms with Crippen molar-refractivity contribution in [3.63, 3.8) is 0 Å². The number of hydrogen-bond donors (Lipinski definition) is 3. The van der Waals surface area contributed by atoms with Crippen molar-refractivity contribution in [2.75, 3.05) is 57.7 Å². The van der Waals surface area contributed by atoms with E-state index < -0.39 is 15.3 Å². The van der Waals surface area contributed by atoms with E-state index in [2.05, 4.69) is 20.3 Å². The number of hydrogen-bond acceptors (Lipinski definition) is 10. The number of sulfonamides is 1. The van der Waals surface area contributed by atoms with E-state index in [-0.39, 0.29) is 24.0 Å². The SMILES string of the molecule is COCCc1ccc(OC)cc1Nc1nc2c(C(=O)COC)cccc2nc1NS(=O)(=O)C1CCNCC1. The van der Waals surface area contributed by atoms with Crippen molar-refractivity contribution in [2.24, 2.45) is 0 Å². The summed E-state index contributed by atoms with van der Waals surface area (Å²) in [6.07, 6.45) is 1.58. The molecule has 0 spiro atoms. The Hall–Kier alpha value is -3.32. The molecule has 0 amide bonds. The number of piperidine rings is 1. The number of rotatable bonds is 12. The quantitative estimate of drug-likeness (QED) is 0.292. The van der Waals surface area contributed by atoms with Crippen LogP contribution >= 0.6 is 0 Å². The van der Waals surface area contributed by atoms with E-state index in [0.29, 0.717) is 67.0 Å². The summed E-state index contributed by atoms with van der Waals surface area (Å²) in [7, 11) is 0.876. The molecule has 1 saturated heterocycles. The van der Waals surface area contributed by atoms with Gasteiger partial charge in [-0.25, -0.2) is 18.4 Å². The minimum Gasteiger partial charge on any atom is -0.497 e. The molecule has 38 heavy (non-hydrogen) atoms. The third-order valence-corrected chi connectivity index (χ3v) is 8.21. The number of anilines is 3. The fourth-order valence-corrected chi connectivity index (χ4v) is 5.78. The molecule has 1 aliphatic heterocycles. The topological polar surface area (TPSA) is 141 Å². The highest BCUT2D eigenvalue weighted by Crippen LogP contribution is 2.32. The molecule has 2 heterocycles. The highest BCUT2D eigenvalue weighted by molar-refractivity contribution is 7.93. The normalized spacial score (nSPS) is 14.4. The molecule has 1 aromatic heterocycles. The van der Waals surface area contributed by atoms with E-state index in [4.69, 9.17) is 19.2 Å². The first-order valence-corrected chi connectivity index (χ1v) is 13.9. The predicted octanol–water partition coefficient (Wildman–Crippen LogP) is 2.89. The van der Waals surface area contributed by atoms with Crippen LogP contribution < -0.4 is 20.1 Å². The Morgan fingerprint density at radius 2 is 1.84 bits per heavy atom. The van der Waals surface area contributed by atoms with Crippen LogP contribution in [0, 0.1) is 0 Å². The minimum atomic E-state index is -3.76. The number of Topliss-reactive ketones (excluding diaryl/α,β-unsaturated/α-hetero) is 1. The summed E-state index contributed by atoms with van der Waals surface area (Å²) in [6.45, 7) is 1.61. The zero-order valence-corrected chi connectivity index (χ0v) is 22.6. The first-order valence-electron chi connectivity index (χ1n) is 12.3. The Labute approximate surface area is 222 Å². The maximum Gasteiger partial charge on any atom is 0.236 e. The zero-order valence-electron chi connectivity index (χ0n) is 21.7. The number of carbonyl (C=O) groups excluding carboxylic acids is 1. The van der Waals surface area contributed by atoms with E-state index in [0.717, 1.165) is 5.56 Å². The Morgan fingerprint density at radius 3 is 2.55 bits per heavy atom. The molecule has 12 heteroatoms. The van der Waals surface area contributed by atoms with Crippen molar-refractivity contribution >= 4 is 44.2 Å². The van der Waals surface area contributed by atoms with Crippen LogP contribution in [0.15, 0.2) is 36.4 Å². The first-order chi connectivity index (χ1) is 18.4. The molecule has 11 nitrogen and oxygen atoms in total. The fraction of sp³-hybridized carbons (Fsp3) is 0.423. The molecule has 3 N–H and O–H groups in total. The second-order valence-corrected chi connectivity index (χ2v) is 10.9.